The van der Waals surface area contributed by atoms with Crippen LogP contribution in [-0.4, -0.2) is 43.5 Å². The van der Waals surface area contributed by atoms with Gasteiger partial charge in [-0.15, -0.1) is 0 Å². The van der Waals surface area contributed by atoms with Gasteiger partial charge in [-0.1, -0.05) is 42.8 Å². The molecule has 31 heavy (non-hydrogen) atoms. The molecule has 0 heterocycles. The van der Waals surface area contributed by atoms with Crippen LogP contribution in [0.4, 0.5) is 0 Å². The molecule has 2 aromatic carbocycles. The van der Waals surface area contributed by atoms with Gasteiger partial charge in [-0.2, -0.15) is 0 Å². The van der Waals surface area contributed by atoms with Crippen molar-refractivity contribution < 1.29 is 19.1 Å². The highest BCUT2D eigenvalue weighted by atomic mass is 16.5. The van der Waals surface area contributed by atoms with Crippen LogP contribution < -0.4 is 14.8 Å². The van der Waals surface area contributed by atoms with Gasteiger partial charge < -0.3 is 19.7 Å². The molecule has 0 saturated heterocycles. The Labute approximate surface area is 185 Å². The Morgan fingerprint density at radius 3 is 2.42 bits per heavy atom. The van der Waals surface area contributed by atoms with Gasteiger partial charge in [0.1, 0.15) is 6.04 Å². The summed E-state index contributed by atoms with van der Waals surface area (Å²) in [4.78, 5) is 27.5. The first-order valence-corrected chi connectivity index (χ1v) is 10.7. The number of carbonyl (C=O) groups is 2. The number of ether oxygens (including phenoxy) is 2. The van der Waals surface area contributed by atoms with E-state index in [1.807, 2.05) is 56.3 Å². The highest BCUT2D eigenvalue weighted by Crippen LogP contribution is 2.28. The SMILES string of the molecule is CCCNC(=O)C(C)N(Cc1cccc(C)c1)C(=O)CCc1ccc(OC)c(OC)c1. The van der Waals surface area contributed by atoms with Crippen LogP contribution in [0.1, 0.15) is 43.4 Å². The standard InChI is InChI=1S/C25H34N2O4/c1-6-14-26-25(29)19(3)27(17-21-9-7-8-18(2)15-21)24(28)13-11-20-10-12-22(30-4)23(16-20)31-5/h7-10,12,15-16,19H,6,11,13-14,17H2,1-5H3,(H,26,29). The lowest BCUT2D eigenvalue weighted by Gasteiger charge is -2.29. The normalized spacial score (nSPS) is 11.5. The number of hydrogen-bond donors (Lipinski definition) is 1. The molecule has 0 aliphatic carbocycles. The van der Waals surface area contributed by atoms with E-state index < -0.39 is 6.04 Å². The number of benzene rings is 2. The zero-order chi connectivity index (χ0) is 22.8. The van der Waals surface area contributed by atoms with Crippen molar-refractivity contribution in [2.24, 2.45) is 0 Å². The van der Waals surface area contributed by atoms with Gasteiger partial charge in [0, 0.05) is 19.5 Å². The van der Waals surface area contributed by atoms with Crippen molar-refractivity contribution in [3.05, 3.63) is 59.2 Å². The van der Waals surface area contributed by atoms with Crippen LogP contribution in [0.25, 0.3) is 0 Å². The minimum Gasteiger partial charge on any atom is -0.493 e. The third-order valence-electron chi connectivity index (χ3n) is 5.23. The monoisotopic (exact) mass is 426 g/mol. The van der Waals surface area contributed by atoms with Crippen molar-refractivity contribution in [1.29, 1.82) is 0 Å². The number of nitrogens with zero attached hydrogens (tertiary/aromatic N) is 1. The van der Waals surface area contributed by atoms with E-state index in [0.29, 0.717) is 37.4 Å². The van der Waals surface area contributed by atoms with E-state index in [2.05, 4.69) is 5.32 Å². The molecule has 0 fully saturated rings. The van der Waals surface area contributed by atoms with Crippen molar-refractivity contribution in [1.82, 2.24) is 10.2 Å². The predicted molar refractivity (Wildman–Crippen MR) is 122 cm³/mol. The molecule has 0 aliphatic heterocycles. The van der Waals surface area contributed by atoms with E-state index in [-0.39, 0.29) is 11.8 Å². The minimum absolute atomic E-state index is 0.0598. The smallest absolute Gasteiger partial charge is 0.242 e. The van der Waals surface area contributed by atoms with E-state index in [1.54, 1.807) is 26.0 Å². The van der Waals surface area contributed by atoms with Gasteiger partial charge in [-0.25, -0.2) is 0 Å². The fraction of sp³-hybridized carbons (Fsp3) is 0.440. The summed E-state index contributed by atoms with van der Waals surface area (Å²) < 4.78 is 10.6. The molecule has 2 rings (SSSR count). The number of amides is 2. The van der Waals surface area contributed by atoms with Crippen molar-refractivity contribution in [2.75, 3.05) is 20.8 Å². The molecule has 2 amide bonds. The Balaban J connectivity index is 2.15. The van der Waals surface area contributed by atoms with Crippen LogP contribution >= 0.6 is 0 Å². The van der Waals surface area contributed by atoms with Crippen molar-refractivity contribution in [3.8, 4) is 11.5 Å². The molecule has 0 spiro atoms. The summed E-state index contributed by atoms with van der Waals surface area (Å²) in [6.45, 7) is 6.80. The third-order valence-corrected chi connectivity index (χ3v) is 5.23. The van der Waals surface area contributed by atoms with Crippen molar-refractivity contribution in [3.63, 3.8) is 0 Å². The van der Waals surface area contributed by atoms with Crippen LogP contribution in [0.3, 0.4) is 0 Å². The summed E-state index contributed by atoms with van der Waals surface area (Å²) in [5.41, 5.74) is 3.11. The van der Waals surface area contributed by atoms with Crippen LogP contribution in [0.15, 0.2) is 42.5 Å². The highest BCUT2D eigenvalue weighted by Gasteiger charge is 2.25. The molecule has 2 aromatic rings. The van der Waals surface area contributed by atoms with Gasteiger partial charge in [0.05, 0.1) is 14.2 Å². The average molecular weight is 427 g/mol. The second-order valence-corrected chi connectivity index (χ2v) is 7.67. The summed E-state index contributed by atoms with van der Waals surface area (Å²) in [7, 11) is 3.18. The fourth-order valence-corrected chi connectivity index (χ4v) is 3.42. The number of aryl methyl sites for hydroxylation is 2. The van der Waals surface area contributed by atoms with Crippen molar-refractivity contribution in [2.45, 2.75) is 52.6 Å². The summed E-state index contributed by atoms with van der Waals surface area (Å²) in [5, 5.41) is 2.90. The molecule has 0 bridgehead atoms. The molecule has 168 valence electrons. The molecule has 0 aliphatic rings. The Bertz CT molecular complexity index is 882. The van der Waals surface area contributed by atoms with E-state index >= 15 is 0 Å². The maximum atomic E-state index is 13.2. The molecular formula is C25H34N2O4. The Morgan fingerprint density at radius 1 is 1.03 bits per heavy atom. The number of hydrogen-bond acceptors (Lipinski definition) is 4. The number of nitrogens with one attached hydrogen (secondary N) is 1. The van der Waals surface area contributed by atoms with E-state index in [4.69, 9.17) is 9.47 Å². The molecule has 6 heteroatoms. The van der Waals surface area contributed by atoms with Crippen LogP contribution in [-0.2, 0) is 22.6 Å². The molecular weight excluding hydrogens is 392 g/mol. The van der Waals surface area contributed by atoms with E-state index in [0.717, 1.165) is 23.1 Å². The predicted octanol–water partition coefficient (Wildman–Crippen LogP) is 3.89. The fourth-order valence-electron chi connectivity index (χ4n) is 3.42. The maximum Gasteiger partial charge on any atom is 0.242 e. The number of rotatable bonds is 11. The molecule has 6 nitrogen and oxygen atoms in total. The Morgan fingerprint density at radius 2 is 1.77 bits per heavy atom. The molecule has 1 atom stereocenters. The molecule has 1 unspecified atom stereocenters. The third kappa shape index (κ3) is 7.02. The van der Waals surface area contributed by atoms with Gasteiger partial charge in [0.15, 0.2) is 11.5 Å². The second kappa shape index (κ2) is 12.0. The van der Waals surface area contributed by atoms with Gasteiger partial charge in [0.2, 0.25) is 11.8 Å². The van der Waals surface area contributed by atoms with Gasteiger partial charge in [0.25, 0.3) is 0 Å². The molecule has 0 radical (unpaired) electrons. The first-order valence-electron chi connectivity index (χ1n) is 10.7. The van der Waals surface area contributed by atoms with E-state index in [9.17, 15) is 9.59 Å². The number of methoxy groups -OCH3 is 2. The van der Waals surface area contributed by atoms with Crippen LogP contribution in [0.5, 0.6) is 11.5 Å². The first kappa shape index (κ1) is 24.3. The average Bonchev–Trinajstić information content (AvgIpc) is 2.78. The lowest BCUT2D eigenvalue weighted by Crippen LogP contribution is -2.47. The number of carbonyl (C=O) groups excluding carboxylic acids is 2. The summed E-state index contributed by atoms with van der Waals surface area (Å²) in [5.74, 6) is 1.10. The van der Waals surface area contributed by atoms with Gasteiger partial charge in [-0.3, -0.25) is 9.59 Å². The molecule has 1 N–H and O–H groups in total. The quantitative estimate of drug-likeness (QED) is 0.592. The van der Waals surface area contributed by atoms with Gasteiger partial charge >= 0.3 is 0 Å². The second-order valence-electron chi connectivity index (χ2n) is 7.67. The lowest BCUT2D eigenvalue weighted by molar-refractivity contribution is -0.140. The Kier molecular flexibility index (Phi) is 9.38. The van der Waals surface area contributed by atoms with Crippen molar-refractivity contribution >= 4 is 11.8 Å². The van der Waals surface area contributed by atoms with Crippen LogP contribution in [0.2, 0.25) is 0 Å². The zero-order valence-electron chi connectivity index (χ0n) is 19.2. The van der Waals surface area contributed by atoms with Crippen LogP contribution in [0, 0.1) is 6.92 Å². The first-order chi connectivity index (χ1) is 14.9. The molecule has 0 aromatic heterocycles. The highest BCUT2D eigenvalue weighted by molar-refractivity contribution is 5.87. The van der Waals surface area contributed by atoms with E-state index in [1.165, 1.54) is 0 Å². The zero-order valence-corrected chi connectivity index (χ0v) is 19.2. The Hall–Kier alpha value is -3.02. The summed E-state index contributed by atoms with van der Waals surface area (Å²) in [6, 6.07) is 13.1. The lowest BCUT2D eigenvalue weighted by atomic mass is 10.1. The largest absolute Gasteiger partial charge is 0.493 e. The summed E-state index contributed by atoms with van der Waals surface area (Å²) in [6.07, 6.45) is 1.70. The van der Waals surface area contributed by atoms with Gasteiger partial charge in [-0.05, 0) is 49.9 Å². The summed E-state index contributed by atoms with van der Waals surface area (Å²) >= 11 is 0. The topological polar surface area (TPSA) is 67.9 Å². The maximum absolute atomic E-state index is 13.2. The molecule has 0 saturated carbocycles. The minimum atomic E-state index is -0.551.